The van der Waals surface area contributed by atoms with Gasteiger partial charge in [0.25, 0.3) is 0 Å². The summed E-state index contributed by atoms with van der Waals surface area (Å²) in [5, 5.41) is 0. The number of rotatable bonds is 4. The molecule has 2 atom stereocenters. The molecule has 0 N–H and O–H groups in total. The van der Waals surface area contributed by atoms with E-state index >= 15 is 0 Å². The Kier molecular flexibility index (Phi) is 4.73. The fourth-order valence-corrected chi connectivity index (χ4v) is 3.28. The van der Waals surface area contributed by atoms with Crippen LogP contribution in [0.15, 0.2) is 0 Å². The molecule has 5 heteroatoms. The number of carbonyl (C=O) groups is 2. The zero-order valence-electron chi connectivity index (χ0n) is 13.4. The highest BCUT2D eigenvalue weighted by Crippen LogP contribution is 2.37. The SMILES string of the molecule is CC(C)[C@]1(C(=O)OC(=O)[C@@]2(C(C)C)CCCO2)CCCO1. The third kappa shape index (κ3) is 2.73. The molecule has 0 amide bonds. The smallest absolute Gasteiger partial charge is 0.346 e. The number of ether oxygens (including phenoxy) is 3. The van der Waals surface area contributed by atoms with E-state index in [9.17, 15) is 9.59 Å². The lowest BCUT2D eigenvalue weighted by Gasteiger charge is -2.33. The predicted octanol–water partition coefficient (Wildman–Crippen LogP) is 2.47. The van der Waals surface area contributed by atoms with Crippen LogP contribution in [0.4, 0.5) is 0 Å². The van der Waals surface area contributed by atoms with Crippen LogP contribution >= 0.6 is 0 Å². The molecule has 0 aromatic carbocycles. The fourth-order valence-electron chi connectivity index (χ4n) is 3.28. The maximum Gasteiger partial charge on any atom is 0.346 e. The maximum absolute atomic E-state index is 12.5. The van der Waals surface area contributed by atoms with E-state index in [1.54, 1.807) is 0 Å². The van der Waals surface area contributed by atoms with Gasteiger partial charge in [0.2, 0.25) is 0 Å². The minimum absolute atomic E-state index is 0.0280. The molecule has 0 spiro atoms. The minimum Gasteiger partial charge on any atom is -0.389 e. The lowest BCUT2D eigenvalue weighted by molar-refractivity contribution is -0.192. The quantitative estimate of drug-likeness (QED) is 0.589. The first-order valence-electron chi connectivity index (χ1n) is 7.90. The van der Waals surface area contributed by atoms with Gasteiger partial charge in [-0.1, -0.05) is 27.7 Å². The van der Waals surface area contributed by atoms with Crippen molar-refractivity contribution in [3.8, 4) is 0 Å². The second-order valence-electron chi connectivity index (χ2n) is 6.67. The summed E-state index contributed by atoms with van der Waals surface area (Å²) in [6.45, 7) is 8.74. The first-order valence-corrected chi connectivity index (χ1v) is 7.90. The standard InChI is InChI=1S/C16H26O5/c1-11(2)15(7-5-9-19-15)13(17)21-14(18)16(12(3)4)8-6-10-20-16/h11-12H,5-10H2,1-4H3/t15-,16-/m0/s1. The third-order valence-corrected chi connectivity index (χ3v) is 4.85. The molecule has 0 radical (unpaired) electrons. The van der Waals surface area contributed by atoms with E-state index in [2.05, 4.69) is 0 Å². The molecule has 120 valence electrons. The predicted molar refractivity (Wildman–Crippen MR) is 76.6 cm³/mol. The molecule has 0 bridgehead atoms. The Hall–Kier alpha value is -0.940. The lowest BCUT2D eigenvalue weighted by atomic mass is 9.86. The van der Waals surface area contributed by atoms with E-state index in [1.165, 1.54) is 0 Å². The van der Waals surface area contributed by atoms with Crippen molar-refractivity contribution < 1.29 is 23.8 Å². The Morgan fingerprint density at radius 1 is 0.857 bits per heavy atom. The summed E-state index contributed by atoms with van der Waals surface area (Å²) in [5.41, 5.74) is -1.96. The van der Waals surface area contributed by atoms with Gasteiger partial charge in [-0.25, -0.2) is 9.59 Å². The van der Waals surface area contributed by atoms with Crippen molar-refractivity contribution in [3.05, 3.63) is 0 Å². The molecule has 2 saturated heterocycles. The molecular weight excluding hydrogens is 272 g/mol. The van der Waals surface area contributed by atoms with Crippen molar-refractivity contribution in [2.24, 2.45) is 11.8 Å². The largest absolute Gasteiger partial charge is 0.389 e. The number of hydrogen-bond acceptors (Lipinski definition) is 5. The van der Waals surface area contributed by atoms with Crippen molar-refractivity contribution in [1.82, 2.24) is 0 Å². The van der Waals surface area contributed by atoms with Gasteiger partial charge < -0.3 is 14.2 Å². The van der Waals surface area contributed by atoms with Crippen molar-refractivity contribution in [1.29, 1.82) is 0 Å². The van der Waals surface area contributed by atoms with Gasteiger partial charge in [-0.05, 0) is 37.5 Å². The van der Waals surface area contributed by atoms with Crippen LogP contribution in [0.25, 0.3) is 0 Å². The lowest BCUT2D eigenvalue weighted by Crippen LogP contribution is -2.50. The molecule has 2 fully saturated rings. The summed E-state index contributed by atoms with van der Waals surface area (Å²) in [7, 11) is 0. The molecule has 2 rings (SSSR count). The van der Waals surface area contributed by atoms with E-state index < -0.39 is 23.1 Å². The summed E-state index contributed by atoms with van der Waals surface area (Å²) < 4.78 is 16.5. The van der Waals surface area contributed by atoms with Gasteiger partial charge in [0.15, 0.2) is 11.2 Å². The van der Waals surface area contributed by atoms with Crippen LogP contribution in [0.1, 0.15) is 53.4 Å². The van der Waals surface area contributed by atoms with Crippen molar-refractivity contribution in [2.45, 2.75) is 64.6 Å². The molecule has 2 aliphatic rings. The molecule has 0 aromatic heterocycles. The summed E-state index contributed by atoms with van der Waals surface area (Å²) in [4.78, 5) is 25.0. The Labute approximate surface area is 126 Å². The highest BCUT2D eigenvalue weighted by atomic mass is 16.6. The van der Waals surface area contributed by atoms with Gasteiger partial charge in [0, 0.05) is 13.2 Å². The first kappa shape index (κ1) is 16.4. The average Bonchev–Trinajstić information content (AvgIpc) is 3.09. The summed E-state index contributed by atoms with van der Waals surface area (Å²) in [6.07, 6.45) is 2.83. The highest BCUT2D eigenvalue weighted by molar-refractivity contribution is 5.94. The van der Waals surface area contributed by atoms with Gasteiger partial charge in [0.1, 0.15) is 0 Å². The van der Waals surface area contributed by atoms with E-state index in [1.807, 2.05) is 27.7 Å². The van der Waals surface area contributed by atoms with Crippen LogP contribution in [0, 0.1) is 11.8 Å². The van der Waals surface area contributed by atoms with Crippen LogP contribution in [0.5, 0.6) is 0 Å². The van der Waals surface area contributed by atoms with Crippen molar-refractivity contribution in [3.63, 3.8) is 0 Å². The monoisotopic (exact) mass is 298 g/mol. The second kappa shape index (κ2) is 6.05. The average molecular weight is 298 g/mol. The fraction of sp³-hybridized carbons (Fsp3) is 0.875. The Bertz CT molecular complexity index is 363. The highest BCUT2D eigenvalue weighted by Gasteiger charge is 2.52. The molecule has 0 aromatic rings. The molecule has 0 aliphatic carbocycles. The summed E-state index contributed by atoms with van der Waals surface area (Å²) in [6, 6.07) is 0. The zero-order valence-corrected chi connectivity index (χ0v) is 13.4. The number of esters is 2. The Balaban J connectivity index is 2.13. The van der Waals surface area contributed by atoms with E-state index in [0.29, 0.717) is 26.1 Å². The first-order chi connectivity index (χ1) is 9.85. The molecule has 2 heterocycles. The molecule has 21 heavy (non-hydrogen) atoms. The molecule has 0 unspecified atom stereocenters. The van der Waals surface area contributed by atoms with Crippen LogP contribution in [0.3, 0.4) is 0 Å². The minimum atomic E-state index is -0.980. The van der Waals surface area contributed by atoms with Crippen LogP contribution < -0.4 is 0 Å². The molecule has 0 saturated carbocycles. The van der Waals surface area contributed by atoms with Crippen LogP contribution in [0.2, 0.25) is 0 Å². The Morgan fingerprint density at radius 3 is 1.48 bits per heavy atom. The third-order valence-electron chi connectivity index (χ3n) is 4.85. The van der Waals surface area contributed by atoms with Gasteiger partial charge in [-0.2, -0.15) is 0 Å². The summed E-state index contributed by atoms with van der Waals surface area (Å²) in [5.74, 6) is -1.18. The van der Waals surface area contributed by atoms with Gasteiger partial charge in [0.05, 0.1) is 0 Å². The van der Waals surface area contributed by atoms with Gasteiger partial charge in [-0.15, -0.1) is 0 Å². The summed E-state index contributed by atoms with van der Waals surface area (Å²) >= 11 is 0. The van der Waals surface area contributed by atoms with E-state index in [4.69, 9.17) is 14.2 Å². The molecular formula is C16H26O5. The van der Waals surface area contributed by atoms with Crippen LogP contribution in [-0.2, 0) is 23.8 Å². The maximum atomic E-state index is 12.5. The number of hydrogen-bond donors (Lipinski definition) is 0. The normalized spacial score (nSPS) is 32.9. The Morgan fingerprint density at radius 2 is 1.24 bits per heavy atom. The van der Waals surface area contributed by atoms with Crippen molar-refractivity contribution in [2.75, 3.05) is 13.2 Å². The molecule has 5 nitrogen and oxygen atoms in total. The second-order valence-corrected chi connectivity index (χ2v) is 6.67. The van der Waals surface area contributed by atoms with Gasteiger partial charge in [-0.3, -0.25) is 0 Å². The zero-order chi connectivity index (χ0) is 15.7. The number of carbonyl (C=O) groups excluding carboxylic acids is 2. The van der Waals surface area contributed by atoms with Crippen LogP contribution in [-0.4, -0.2) is 36.4 Å². The van der Waals surface area contributed by atoms with E-state index in [-0.39, 0.29) is 11.8 Å². The van der Waals surface area contributed by atoms with Gasteiger partial charge >= 0.3 is 11.9 Å². The topological polar surface area (TPSA) is 61.8 Å². The van der Waals surface area contributed by atoms with Crippen molar-refractivity contribution >= 4 is 11.9 Å². The van der Waals surface area contributed by atoms with E-state index in [0.717, 1.165) is 12.8 Å². The molecule has 2 aliphatic heterocycles.